The van der Waals surface area contributed by atoms with Crippen molar-refractivity contribution in [1.29, 1.82) is 0 Å². The van der Waals surface area contributed by atoms with Gasteiger partial charge in [-0.3, -0.25) is 0 Å². The maximum absolute atomic E-state index is 9.70. The zero-order valence-electron chi connectivity index (χ0n) is 8.12. The molecule has 0 radical (unpaired) electrons. The van der Waals surface area contributed by atoms with Crippen molar-refractivity contribution >= 4 is 22.6 Å². The summed E-state index contributed by atoms with van der Waals surface area (Å²) in [6.07, 6.45) is 4.33. The van der Waals surface area contributed by atoms with Crippen LogP contribution in [-0.2, 0) is 6.42 Å². The van der Waals surface area contributed by atoms with Crippen LogP contribution in [0.25, 0.3) is 0 Å². The standard InChI is InChI=1S/C12H15IO/c13-11-6-1-9(2-7-11)3-8-12(14)10-4-5-10/h1-2,6-7,10,12,14H,3-5,8H2. The molecule has 1 unspecified atom stereocenters. The molecule has 0 aromatic heterocycles. The first-order valence-corrected chi connectivity index (χ1v) is 6.26. The maximum Gasteiger partial charge on any atom is 0.0571 e. The molecule has 1 aromatic carbocycles. The molecule has 0 amide bonds. The van der Waals surface area contributed by atoms with Crippen molar-refractivity contribution in [2.24, 2.45) is 5.92 Å². The summed E-state index contributed by atoms with van der Waals surface area (Å²) in [5, 5.41) is 9.70. The first-order valence-electron chi connectivity index (χ1n) is 5.18. The number of aliphatic hydroxyl groups excluding tert-OH is 1. The van der Waals surface area contributed by atoms with Crippen LogP contribution in [0.2, 0.25) is 0 Å². The van der Waals surface area contributed by atoms with Gasteiger partial charge in [0.15, 0.2) is 0 Å². The minimum atomic E-state index is -0.0609. The molecule has 76 valence electrons. The van der Waals surface area contributed by atoms with Crippen molar-refractivity contribution in [3.63, 3.8) is 0 Å². The summed E-state index contributed by atoms with van der Waals surface area (Å²) in [7, 11) is 0. The van der Waals surface area contributed by atoms with Gasteiger partial charge in [0, 0.05) is 3.57 Å². The highest BCUT2D eigenvalue weighted by atomic mass is 127. The fourth-order valence-electron chi connectivity index (χ4n) is 1.68. The minimum Gasteiger partial charge on any atom is -0.393 e. The Bertz CT molecular complexity index is 290. The van der Waals surface area contributed by atoms with Crippen molar-refractivity contribution < 1.29 is 5.11 Å². The third-order valence-electron chi connectivity index (χ3n) is 2.81. The molecule has 2 rings (SSSR count). The highest BCUT2D eigenvalue weighted by molar-refractivity contribution is 14.1. The molecule has 0 aliphatic heterocycles. The van der Waals surface area contributed by atoms with Gasteiger partial charge in [0.25, 0.3) is 0 Å². The summed E-state index contributed by atoms with van der Waals surface area (Å²) in [6.45, 7) is 0. The van der Waals surface area contributed by atoms with Crippen LogP contribution in [0.1, 0.15) is 24.8 Å². The molecule has 1 N–H and O–H groups in total. The third kappa shape index (κ3) is 2.95. The zero-order chi connectivity index (χ0) is 9.97. The Balaban J connectivity index is 1.82. The molecule has 0 bridgehead atoms. The van der Waals surface area contributed by atoms with Gasteiger partial charge < -0.3 is 5.11 Å². The van der Waals surface area contributed by atoms with Crippen molar-refractivity contribution in [3.05, 3.63) is 33.4 Å². The lowest BCUT2D eigenvalue weighted by molar-refractivity contribution is 0.142. The second kappa shape index (κ2) is 4.62. The van der Waals surface area contributed by atoms with Gasteiger partial charge in [0.2, 0.25) is 0 Å². The van der Waals surface area contributed by atoms with E-state index in [1.54, 1.807) is 0 Å². The summed E-state index contributed by atoms with van der Waals surface area (Å²) < 4.78 is 1.27. The van der Waals surface area contributed by atoms with E-state index in [0.29, 0.717) is 5.92 Å². The molecule has 1 aliphatic carbocycles. The number of aliphatic hydroxyl groups is 1. The Morgan fingerprint density at radius 1 is 1.29 bits per heavy atom. The molecule has 1 atom stereocenters. The Morgan fingerprint density at radius 3 is 2.50 bits per heavy atom. The molecule has 2 heteroatoms. The van der Waals surface area contributed by atoms with Crippen LogP contribution in [0.4, 0.5) is 0 Å². The second-order valence-electron chi connectivity index (χ2n) is 4.07. The van der Waals surface area contributed by atoms with E-state index in [4.69, 9.17) is 0 Å². The van der Waals surface area contributed by atoms with Crippen LogP contribution in [0.5, 0.6) is 0 Å². The van der Waals surface area contributed by atoms with Crippen LogP contribution in [0.15, 0.2) is 24.3 Å². The molecule has 1 nitrogen and oxygen atoms in total. The van der Waals surface area contributed by atoms with E-state index in [2.05, 4.69) is 46.9 Å². The molecule has 1 aliphatic rings. The molecule has 0 spiro atoms. The van der Waals surface area contributed by atoms with E-state index >= 15 is 0 Å². The van der Waals surface area contributed by atoms with Crippen LogP contribution >= 0.6 is 22.6 Å². The van der Waals surface area contributed by atoms with Gasteiger partial charge in [-0.05, 0) is 71.9 Å². The fraction of sp³-hybridized carbons (Fsp3) is 0.500. The largest absolute Gasteiger partial charge is 0.393 e. The summed E-state index contributed by atoms with van der Waals surface area (Å²) >= 11 is 2.31. The Labute approximate surface area is 98.7 Å². The predicted octanol–water partition coefficient (Wildman–Crippen LogP) is 2.99. The highest BCUT2D eigenvalue weighted by Crippen LogP contribution is 2.34. The number of halogens is 1. The fourth-order valence-corrected chi connectivity index (χ4v) is 2.04. The molecule has 1 aromatic rings. The SMILES string of the molecule is OC(CCc1ccc(I)cc1)C1CC1. The summed E-state index contributed by atoms with van der Waals surface area (Å²) in [5.41, 5.74) is 1.34. The minimum absolute atomic E-state index is 0.0609. The second-order valence-corrected chi connectivity index (χ2v) is 5.32. The average Bonchev–Trinajstić information content (AvgIpc) is 3.00. The number of hydrogen-bond acceptors (Lipinski definition) is 1. The van der Waals surface area contributed by atoms with Crippen molar-refractivity contribution in [2.75, 3.05) is 0 Å². The lowest BCUT2D eigenvalue weighted by Gasteiger charge is -2.08. The zero-order valence-corrected chi connectivity index (χ0v) is 10.3. The van der Waals surface area contributed by atoms with Gasteiger partial charge in [-0.2, -0.15) is 0 Å². The first-order chi connectivity index (χ1) is 6.75. The smallest absolute Gasteiger partial charge is 0.0571 e. The van der Waals surface area contributed by atoms with Gasteiger partial charge in [-0.25, -0.2) is 0 Å². The molecule has 0 saturated heterocycles. The monoisotopic (exact) mass is 302 g/mol. The average molecular weight is 302 g/mol. The molecule has 0 heterocycles. The predicted molar refractivity (Wildman–Crippen MR) is 66.2 cm³/mol. The van der Waals surface area contributed by atoms with E-state index in [9.17, 15) is 5.11 Å². The van der Waals surface area contributed by atoms with Gasteiger partial charge in [0.05, 0.1) is 6.10 Å². The van der Waals surface area contributed by atoms with E-state index in [1.165, 1.54) is 22.0 Å². The van der Waals surface area contributed by atoms with E-state index in [0.717, 1.165) is 12.8 Å². The van der Waals surface area contributed by atoms with Gasteiger partial charge >= 0.3 is 0 Å². The molecular weight excluding hydrogens is 287 g/mol. The first kappa shape index (κ1) is 10.4. The van der Waals surface area contributed by atoms with Crippen molar-refractivity contribution in [3.8, 4) is 0 Å². The van der Waals surface area contributed by atoms with Gasteiger partial charge in [-0.15, -0.1) is 0 Å². The molecule has 14 heavy (non-hydrogen) atoms. The Hall–Kier alpha value is -0.0900. The van der Waals surface area contributed by atoms with Crippen LogP contribution in [0, 0.1) is 9.49 Å². The van der Waals surface area contributed by atoms with Crippen molar-refractivity contribution in [2.45, 2.75) is 31.8 Å². The highest BCUT2D eigenvalue weighted by Gasteiger charge is 2.28. The molecular formula is C12H15IO. The molecule has 1 fully saturated rings. The van der Waals surface area contributed by atoms with E-state index in [1.807, 2.05) is 0 Å². The van der Waals surface area contributed by atoms with Crippen molar-refractivity contribution in [1.82, 2.24) is 0 Å². The maximum atomic E-state index is 9.70. The van der Waals surface area contributed by atoms with Crippen LogP contribution in [-0.4, -0.2) is 11.2 Å². The quantitative estimate of drug-likeness (QED) is 0.848. The molecule has 1 saturated carbocycles. The summed E-state index contributed by atoms with van der Waals surface area (Å²) in [5.74, 6) is 0.610. The number of hydrogen-bond donors (Lipinski definition) is 1. The van der Waals surface area contributed by atoms with Gasteiger partial charge in [-0.1, -0.05) is 12.1 Å². The lowest BCUT2D eigenvalue weighted by atomic mass is 10.0. The van der Waals surface area contributed by atoms with Crippen LogP contribution < -0.4 is 0 Å². The summed E-state index contributed by atoms with van der Waals surface area (Å²) in [6, 6.07) is 8.56. The Kier molecular flexibility index (Phi) is 3.44. The third-order valence-corrected chi connectivity index (χ3v) is 3.53. The number of rotatable bonds is 4. The van der Waals surface area contributed by atoms with Crippen LogP contribution in [0.3, 0.4) is 0 Å². The lowest BCUT2D eigenvalue weighted by Crippen LogP contribution is -2.09. The summed E-state index contributed by atoms with van der Waals surface area (Å²) in [4.78, 5) is 0. The normalized spacial score (nSPS) is 18.1. The topological polar surface area (TPSA) is 20.2 Å². The number of aryl methyl sites for hydroxylation is 1. The van der Waals surface area contributed by atoms with Gasteiger partial charge in [0.1, 0.15) is 0 Å². The van der Waals surface area contributed by atoms with E-state index < -0.39 is 0 Å². The number of benzene rings is 1. The van der Waals surface area contributed by atoms with E-state index in [-0.39, 0.29) is 6.10 Å². The Morgan fingerprint density at radius 2 is 1.93 bits per heavy atom.